The second-order valence-electron chi connectivity index (χ2n) is 4.58. The fourth-order valence-corrected chi connectivity index (χ4v) is 2.04. The molecule has 104 valence electrons. The molecule has 1 heterocycles. The molecular formula is C12H22N2O4. The molecule has 0 aromatic carbocycles. The van der Waals surface area contributed by atoms with E-state index in [1.807, 2.05) is 6.92 Å². The second-order valence-corrected chi connectivity index (χ2v) is 4.58. The van der Waals surface area contributed by atoms with Gasteiger partial charge in [0, 0.05) is 26.3 Å². The molecule has 6 nitrogen and oxygen atoms in total. The number of carbonyl (C=O) groups excluding carboxylic acids is 1. The fourth-order valence-electron chi connectivity index (χ4n) is 2.04. The third kappa shape index (κ3) is 4.18. The number of nitrogens with one attached hydrogen (secondary N) is 1. The third-order valence-electron chi connectivity index (χ3n) is 3.23. The Bertz CT molecular complexity index is 290. The highest BCUT2D eigenvalue weighted by molar-refractivity contribution is 5.82. The lowest BCUT2D eigenvalue weighted by Crippen LogP contribution is -2.50. The van der Waals surface area contributed by atoms with Crippen molar-refractivity contribution in [2.75, 3.05) is 20.3 Å². The van der Waals surface area contributed by atoms with Gasteiger partial charge in [-0.1, -0.05) is 13.3 Å². The minimum atomic E-state index is -0.981. The molecule has 0 radical (unpaired) electrons. The van der Waals surface area contributed by atoms with E-state index < -0.39 is 12.0 Å². The van der Waals surface area contributed by atoms with E-state index in [9.17, 15) is 9.59 Å². The van der Waals surface area contributed by atoms with Crippen LogP contribution in [-0.2, 0) is 9.53 Å². The lowest BCUT2D eigenvalue weighted by Gasteiger charge is -2.32. The van der Waals surface area contributed by atoms with Crippen molar-refractivity contribution in [2.45, 2.75) is 44.7 Å². The topological polar surface area (TPSA) is 78.9 Å². The first-order valence-electron chi connectivity index (χ1n) is 6.40. The number of ether oxygens (including phenoxy) is 1. The number of amides is 2. The summed E-state index contributed by atoms with van der Waals surface area (Å²) in [4.78, 5) is 24.5. The maximum atomic E-state index is 11.9. The first-order valence-corrected chi connectivity index (χ1v) is 6.40. The fraction of sp³-hybridized carbons (Fsp3) is 0.833. The number of aliphatic carboxylic acids is 1. The van der Waals surface area contributed by atoms with Gasteiger partial charge in [-0.25, -0.2) is 9.59 Å². The normalized spacial score (nSPS) is 18.1. The summed E-state index contributed by atoms with van der Waals surface area (Å²) < 4.78 is 5.24. The van der Waals surface area contributed by atoms with E-state index in [-0.39, 0.29) is 12.1 Å². The molecule has 18 heavy (non-hydrogen) atoms. The lowest BCUT2D eigenvalue weighted by molar-refractivity contribution is -0.139. The zero-order valence-electron chi connectivity index (χ0n) is 11.0. The molecule has 2 N–H and O–H groups in total. The van der Waals surface area contributed by atoms with Gasteiger partial charge in [0.2, 0.25) is 0 Å². The molecule has 0 spiro atoms. The van der Waals surface area contributed by atoms with Gasteiger partial charge < -0.3 is 20.1 Å². The molecule has 0 saturated carbocycles. The van der Waals surface area contributed by atoms with Crippen LogP contribution >= 0.6 is 0 Å². The van der Waals surface area contributed by atoms with Crippen molar-refractivity contribution in [1.29, 1.82) is 0 Å². The molecule has 0 aliphatic carbocycles. The van der Waals surface area contributed by atoms with Gasteiger partial charge in [-0.05, 0) is 19.3 Å². The molecule has 6 heteroatoms. The largest absolute Gasteiger partial charge is 0.480 e. The molecule has 1 fully saturated rings. The molecule has 1 saturated heterocycles. The Morgan fingerprint density at radius 3 is 2.56 bits per heavy atom. The van der Waals surface area contributed by atoms with Crippen molar-refractivity contribution in [3.63, 3.8) is 0 Å². The van der Waals surface area contributed by atoms with Gasteiger partial charge >= 0.3 is 12.0 Å². The van der Waals surface area contributed by atoms with Crippen molar-refractivity contribution in [3.8, 4) is 0 Å². The molecule has 1 rings (SSSR count). The maximum absolute atomic E-state index is 11.9. The summed E-state index contributed by atoms with van der Waals surface area (Å²) in [6.07, 6.45) is 2.77. The van der Waals surface area contributed by atoms with Crippen LogP contribution < -0.4 is 5.32 Å². The quantitative estimate of drug-likeness (QED) is 0.773. The highest BCUT2D eigenvalue weighted by atomic mass is 16.5. The Morgan fingerprint density at radius 1 is 1.44 bits per heavy atom. The molecule has 1 aliphatic rings. The molecule has 0 aromatic heterocycles. The van der Waals surface area contributed by atoms with Crippen LogP contribution in [0.15, 0.2) is 0 Å². The smallest absolute Gasteiger partial charge is 0.326 e. The standard InChI is InChI=1S/C12H22N2O4/c1-3-4-10(11(15)16)13-12(17)14(2)9-5-7-18-8-6-9/h9-10H,3-8H2,1-2H3,(H,13,17)(H,15,16)/t10-/m0/s1. The summed E-state index contributed by atoms with van der Waals surface area (Å²) in [5.74, 6) is -0.981. The molecule has 0 bridgehead atoms. The Labute approximate surface area is 107 Å². The Hall–Kier alpha value is -1.30. The number of nitrogens with zero attached hydrogens (tertiary/aromatic N) is 1. The van der Waals surface area contributed by atoms with Gasteiger partial charge in [0.05, 0.1) is 0 Å². The lowest BCUT2D eigenvalue weighted by atomic mass is 10.1. The van der Waals surface area contributed by atoms with Gasteiger partial charge in [0.1, 0.15) is 6.04 Å². The predicted molar refractivity (Wildman–Crippen MR) is 66.5 cm³/mol. The average Bonchev–Trinajstić information content (AvgIpc) is 2.38. The van der Waals surface area contributed by atoms with Crippen LogP contribution in [0.3, 0.4) is 0 Å². The summed E-state index contributed by atoms with van der Waals surface area (Å²) in [6, 6.07) is -0.984. The van der Waals surface area contributed by atoms with Crippen LogP contribution in [0, 0.1) is 0 Å². The molecular weight excluding hydrogens is 236 g/mol. The highest BCUT2D eigenvalue weighted by Crippen LogP contribution is 2.13. The minimum absolute atomic E-state index is 0.134. The summed E-state index contributed by atoms with van der Waals surface area (Å²) in [7, 11) is 1.70. The van der Waals surface area contributed by atoms with Gasteiger partial charge in [0.15, 0.2) is 0 Å². The van der Waals surface area contributed by atoms with Gasteiger partial charge in [0.25, 0.3) is 0 Å². The zero-order valence-corrected chi connectivity index (χ0v) is 11.0. The van der Waals surface area contributed by atoms with E-state index in [2.05, 4.69) is 5.32 Å². The Balaban J connectivity index is 2.48. The van der Waals surface area contributed by atoms with Crippen molar-refractivity contribution >= 4 is 12.0 Å². The number of urea groups is 1. The van der Waals surface area contributed by atoms with Crippen molar-refractivity contribution in [2.24, 2.45) is 0 Å². The van der Waals surface area contributed by atoms with Crippen LogP contribution in [0.4, 0.5) is 4.79 Å². The van der Waals surface area contributed by atoms with Crippen molar-refractivity contribution in [3.05, 3.63) is 0 Å². The van der Waals surface area contributed by atoms with Crippen molar-refractivity contribution in [1.82, 2.24) is 10.2 Å². The predicted octanol–water partition coefficient (Wildman–Crippen LogP) is 1.06. The van der Waals surface area contributed by atoms with Crippen LogP contribution in [0.1, 0.15) is 32.6 Å². The van der Waals surface area contributed by atoms with E-state index >= 15 is 0 Å². The molecule has 1 atom stereocenters. The van der Waals surface area contributed by atoms with Gasteiger partial charge in [-0.2, -0.15) is 0 Å². The maximum Gasteiger partial charge on any atom is 0.326 e. The van der Waals surface area contributed by atoms with Crippen LogP contribution in [0.2, 0.25) is 0 Å². The number of carboxylic acid groups (broad SMARTS) is 1. The number of rotatable bonds is 5. The van der Waals surface area contributed by atoms with Crippen LogP contribution in [0.5, 0.6) is 0 Å². The highest BCUT2D eigenvalue weighted by Gasteiger charge is 2.26. The third-order valence-corrected chi connectivity index (χ3v) is 3.23. The van der Waals surface area contributed by atoms with Crippen LogP contribution in [0.25, 0.3) is 0 Å². The summed E-state index contributed by atoms with van der Waals surface area (Å²) >= 11 is 0. The van der Waals surface area contributed by atoms with E-state index in [0.29, 0.717) is 19.6 Å². The van der Waals surface area contributed by atoms with E-state index in [0.717, 1.165) is 19.3 Å². The molecule has 2 amide bonds. The van der Waals surface area contributed by atoms with E-state index in [1.54, 1.807) is 11.9 Å². The summed E-state index contributed by atoms with van der Waals surface area (Å²) in [5.41, 5.74) is 0. The number of hydrogen-bond acceptors (Lipinski definition) is 3. The molecule has 0 unspecified atom stereocenters. The van der Waals surface area contributed by atoms with Gasteiger partial charge in [-0.15, -0.1) is 0 Å². The Kier molecular flexibility index (Phi) is 5.91. The first kappa shape index (κ1) is 14.8. The number of hydrogen-bond donors (Lipinski definition) is 2. The first-order chi connectivity index (χ1) is 8.56. The monoisotopic (exact) mass is 258 g/mol. The van der Waals surface area contributed by atoms with E-state index in [1.165, 1.54) is 0 Å². The summed E-state index contributed by atoms with van der Waals surface area (Å²) in [5, 5.41) is 11.6. The number of carbonyl (C=O) groups is 2. The van der Waals surface area contributed by atoms with Gasteiger partial charge in [-0.3, -0.25) is 0 Å². The SMILES string of the molecule is CCC[C@H](NC(=O)N(C)C1CCOCC1)C(=O)O. The van der Waals surface area contributed by atoms with E-state index in [4.69, 9.17) is 9.84 Å². The van der Waals surface area contributed by atoms with Crippen molar-refractivity contribution < 1.29 is 19.4 Å². The Morgan fingerprint density at radius 2 is 2.06 bits per heavy atom. The van der Waals surface area contributed by atoms with Crippen LogP contribution in [-0.4, -0.2) is 54.4 Å². The molecule has 1 aliphatic heterocycles. The average molecular weight is 258 g/mol. The number of carboxylic acids is 1. The minimum Gasteiger partial charge on any atom is -0.480 e. The molecule has 0 aromatic rings. The zero-order chi connectivity index (χ0) is 13.5. The summed E-state index contributed by atoms with van der Waals surface area (Å²) in [6.45, 7) is 3.20. The second kappa shape index (κ2) is 7.20.